The Hall–Kier alpha value is -2.69. The molecule has 0 aliphatic rings. The van der Waals surface area contributed by atoms with Gasteiger partial charge in [-0.2, -0.15) is 0 Å². The maximum Gasteiger partial charge on any atom is 0.410 e. The lowest BCUT2D eigenvalue weighted by atomic mass is 10.1. The van der Waals surface area contributed by atoms with Crippen LogP contribution in [0.15, 0.2) is 42.6 Å². The van der Waals surface area contributed by atoms with E-state index >= 15 is 0 Å². The highest BCUT2D eigenvalue weighted by molar-refractivity contribution is 5.91. The van der Waals surface area contributed by atoms with E-state index in [-0.39, 0.29) is 11.4 Å². The summed E-state index contributed by atoms with van der Waals surface area (Å²) in [6.45, 7) is 0. The van der Waals surface area contributed by atoms with Crippen LogP contribution >= 0.6 is 0 Å². The maximum absolute atomic E-state index is 10.9. The van der Waals surface area contributed by atoms with Crippen molar-refractivity contribution in [3.05, 3.63) is 48.2 Å². The van der Waals surface area contributed by atoms with Gasteiger partial charge in [0.05, 0.1) is 5.56 Å². The van der Waals surface area contributed by atoms with E-state index < -0.39 is 6.09 Å². The number of aldehydes is 1. The molecule has 0 atom stereocenters. The molecule has 90 valence electrons. The van der Waals surface area contributed by atoms with Crippen molar-refractivity contribution in [1.29, 1.82) is 0 Å². The standard InChI is InChI=1S/C13H10N2O3/c16-8-11-6-10(9-4-2-1-3-5-9)7-14-12(11)15-13(17)18/h1-8H,(H,14,15)(H,17,18). The van der Waals surface area contributed by atoms with Crippen molar-refractivity contribution in [1.82, 2.24) is 4.98 Å². The van der Waals surface area contributed by atoms with Gasteiger partial charge in [0.15, 0.2) is 6.29 Å². The molecule has 0 aliphatic heterocycles. The first kappa shape index (κ1) is 11.8. The molecule has 0 bridgehead atoms. The van der Waals surface area contributed by atoms with Gasteiger partial charge in [-0.3, -0.25) is 10.1 Å². The fraction of sp³-hybridized carbons (Fsp3) is 0. The molecule has 0 saturated carbocycles. The molecule has 5 nitrogen and oxygen atoms in total. The summed E-state index contributed by atoms with van der Waals surface area (Å²) in [7, 11) is 0. The van der Waals surface area contributed by atoms with Crippen LogP contribution in [0.5, 0.6) is 0 Å². The molecule has 5 heteroatoms. The summed E-state index contributed by atoms with van der Waals surface area (Å²) in [6, 6.07) is 11.0. The second-order valence-corrected chi connectivity index (χ2v) is 3.58. The van der Waals surface area contributed by atoms with Crippen LogP contribution in [-0.2, 0) is 0 Å². The number of nitrogens with zero attached hydrogens (tertiary/aromatic N) is 1. The number of carbonyl (C=O) groups excluding carboxylic acids is 1. The van der Waals surface area contributed by atoms with Crippen LogP contribution in [0.2, 0.25) is 0 Å². The largest absolute Gasteiger partial charge is 0.465 e. The summed E-state index contributed by atoms with van der Waals surface area (Å²) in [5.41, 5.74) is 1.88. The lowest BCUT2D eigenvalue weighted by Crippen LogP contribution is -2.10. The average Bonchev–Trinajstić information content (AvgIpc) is 2.39. The third kappa shape index (κ3) is 2.52. The molecule has 2 N–H and O–H groups in total. The predicted molar refractivity (Wildman–Crippen MR) is 66.7 cm³/mol. The molecule has 0 saturated heterocycles. The Balaban J connectivity index is 2.42. The Labute approximate surface area is 103 Å². The van der Waals surface area contributed by atoms with Crippen LogP contribution < -0.4 is 5.32 Å². The minimum atomic E-state index is -1.25. The molecular formula is C13H10N2O3. The summed E-state index contributed by atoms with van der Waals surface area (Å²) in [5.74, 6) is 0.0391. The number of carboxylic acid groups (broad SMARTS) is 1. The summed E-state index contributed by atoms with van der Waals surface area (Å²) >= 11 is 0. The first-order chi connectivity index (χ1) is 8.70. The number of amides is 1. The van der Waals surface area contributed by atoms with Crippen LogP contribution in [0, 0.1) is 0 Å². The Morgan fingerprint density at radius 2 is 1.94 bits per heavy atom. The molecule has 1 aromatic carbocycles. The van der Waals surface area contributed by atoms with Crippen LogP contribution in [0.3, 0.4) is 0 Å². The smallest absolute Gasteiger partial charge is 0.410 e. The molecule has 0 unspecified atom stereocenters. The molecule has 18 heavy (non-hydrogen) atoms. The van der Waals surface area contributed by atoms with Gasteiger partial charge in [-0.15, -0.1) is 0 Å². The number of carbonyl (C=O) groups is 2. The van der Waals surface area contributed by atoms with Crippen molar-refractivity contribution in [3.63, 3.8) is 0 Å². The van der Waals surface area contributed by atoms with Crippen LogP contribution in [-0.4, -0.2) is 22.5 Å². The predicted octanol–water partition coefficient (Wildman–Crippen LogP) is 2.65. The molecular weight excluding hydrogens is 232 g/mol. The zero-order chi connectivity index (χ0) is 13.0. The van der Waals surface area contributed by atoms with E-state index in [1.54, 1.807) is 6.07 Å². The monoisotopic (exact) mass is 242 g/mol. The summed E-state index contributed by atoms with van der Waals surface area (Å²) in [6.07, 6.45) is 0.844. The molecule has 1 amide bonds. The Bertz CT molecular complexity index is 582. The van der Waals surface area contributed by atoms with Crippen molar-refractivity contribution in [3.8, 4) is 11.1 Å². The number of hydrogen-bond acceptors (Lipinski definition) is 3. The number of aromatic nitrogens is 1. The molecule has 1 aromatic heterocycles. The molecule has 0 aliphatic carbocycles. The van der Waals surface area contributed by atoms with E-state index in [0.29, 0.717) is 6.29 Å². The van der Waals surface area contributed by atoms with Gasteiger partial charge in [-0.25, -0.2) is 9.78 Å². The summed E-state index contributed by atoms with van der Waals surface area (Å²) in [4.78, 5) is 25.4. The fourth-order valence-electron chi connectivity index (χ4n) is 1.57. The normalized spacial score (nSPS) is 9.78. The molecule has 0 spiro atoms. The van der Waals surface area contributed by atoms with Crippen LogP contribution in [0.4, 0.5) is 10.6 Å². The third-order valence-electron chi connectivity index (χ3n) is 2.38. The average molecular weight is 242 g/mol. The molecule has 0 fully saturated rings. The lowest BCUT2D eigenvalue weighted by Gasteiger charge is -2.06. The maximum atomic E-state index is 10.9. The number of pyridine rings is 1. The van der Waals surface area contributed by atoms with E-state index in [1.165, 1.54) is 6.20 Å². The Morgan fingerprint density at radius 3 is 2.56 bits per heavy atom. The van der Waals surface area contributed by atoms with Crippen molar-refractivity contribution in [2.24, 2.45) is 0 Å². The summed E-state index contributed by atoms with van der Waals surface area (Å²) in [5, 5.41) is 10.7. The van der Waals surface area contributed by atoms with E-state index in [1.807, 2.05) is 30.3 Å². The number of benzene rings is 1. The van der Waals surface area contributed by atoms with Crippen LogP contribution in [0.25, 0.3) is 11.1 Å². The van der Waals surface area contributed by atoms with E-state index in [0.717, 1.165) is 11.1 Å². The molecule has 2 aromatic rings. The second kappa shape index (κ2) is 5.09. The van der Waals surface area contributed by atoms with Gasteiger partial charge >= 0.3 is 6.09 Å². The van der Waals surface area contributed by atoms with Crippen molar-refractivity contribution in [2.75, 3.05) is 5.32 Å². The van der Waals surface area contributed by atoms with Gasteiger partial charge in [-0.05, 0) is 11.6 Å². The first-order valence-corrected chi connectivity index (χ1v) is 5.21. The number of hydrogen-bond donors (Lipinski definition) is 2. The van der Waals surface area contributed by atoms with Gasteiger partial charge < -0.3 is 5.11 Å². The third-order valence-corrected chi connectivity index (χ3v) is 2.38. The quantitative estimate of drug-likeness (QED) is 0.811. The number of anilines is 1. The second-order valence-electron chi connectivity index (χ2n) is 3.58. The minimum Gasteiger partial charge on any atom is -0.465 e. The molecule has 2 rings (SSSR count). The van der Waals surface area contributed by atoms with Crippen molar-refractivity contribution in [2.45, 2.75) is 0 Å². The zero-order valence-electron chi connectivity index (χ0n) is 9.33. The Kier molecular flexibility index (Phi) is 3.33. The number of rotatable bonds is 3. The van der Waals surface area contributed by atoms with E-state index in [9.17, 15) is 9.59 Å². The summed E-state index contributed by atoms with van der Waals surface area (Å²) < 4.78 is 0. The number of nitrogens with one attached hydrogen (secondary N) is 1. The highest BCUT2D eigenvalue weighted by Gasteiger charge is 2.08. The molecule has 1 heterocycles. The first-order valence-electron chi connectivity index (χ1n) is 5.21. The zero-order valence-corrected chi connectivity index (χ0v) is 9.33. The SMILES string of the molecule is O=Cc1cc(-c2ccccc2)cnc1NC(=O)O. The molecule has 0 radical (unpaired) electrons. The van der Waals surface area contributed by atoms with Gasteiger partial charge in [-0.1, -0.05) is 30.3 Å². The van der Waals surface area contributed by atoms with Crippen LogP contribution in [0.1, 0.15) is 10.4 Å². The topological polar surface area (TPSA) is 79.3 Å². The fourth-order valence-corrected chi connectivity index (χ4v) is 1.57. The van der Waals surface area contributed by atoms with Gasteiger partial charge in [0.1, 0.15) is 5.82 Å². The highest BCUT2D eigenvalue weighted by Crippen LogP contribution is 2.21. The Morgan fingerprint density at radius 1 is 1.22 bits per heavy atom. The van der Waals surface area contributed by atoms with Crippen molar-refractivity contribution >= 4 is 18.2 Å². The van der Waals surface area contributed by atoms with Gasteiger partial charge in [0.2, 0.25) is 0 Å². The minimum absolute atomic E-state index is 0.0391. The highest BCUT2D eigenvalue weighted by atomic mass is 16.4. The van der Waals surface area contributed by atoms with Gasteiger partial charge in [0.25, 0.3) is 0 Å². The lowest BCUT2D eigenvalue weighted by molar-refractivity contribution is 0.112. The van der Waals surface area contributed by atoms with E-state index in [2.05, 4.69) is 10.3 Å². The van der Waals surface area contributed by atoms with E-state index in [4.69, 9.17) is 5.11 Å². The van der Waals surface area contributed by atoms with Gasteiger partial charge in [0, 0.05) is 11.8 Å². The van der Waals surface area contributed by atoms with Crippen molar-refractivity contribution < 1.29 is 14.7 Å².